The summed E-state index contributed by atoms with van der Waals surface area (Å²) >= 11 is 0. The molecule has 2 aromatic rings. The van der Waals surface area contributed by atoms with Crippen LogP contribution in [0.4, 0.5) is 13.2 Å². The second kappa shape index (κ2) is 4.65. The highest BCUT2D eigenvalue weighted by Gasteiger charge is 2.32. The van der Waals surface area contributed by atoms with E-state index in [4.69, 9.17) is 5.26 Å². The molecule has 1 aromatic heterocycles. The molecule has 0 N–H and O–H groups in total. The first-order valence-electron chi connectivity index (χ1n) is 5.18. The number of halogens is 3. The van der Waals surface area contributed by atoms with E-state index >= 15 is 0 Å². The summed E-state index contributed by atoms with van der Waals surface area (Å²) in [4.78, 5) is 0. The zero-order chi connectivity index (χ0) is 14.0. The maximum absolute atomic E-state index is 12.2. The molecule has 0 fully saturated rings. The summed E-state index contributed by atoms with van der Waals surface area (Å²) in [6.07, 6.45) is -1.67. The number of benzene rings is 1. The Bertz CT molecular complexity index is 640. The van der Waals surface area contributed by atoms with Crippen LogP contribution in [0.5, 0.6) is 5.75 Å². The molecule has 0 saturated carbocycles. The van der Waals surface area contributed by atoms with E-state index < -0.39 is 12.1 Å². The highest BCUT2D eigenvalue weighted by Crippen LogP contribution is 2.30. The monoisotopic (exact) mass is 267 g/mol. The van der Waals surface area contributed by atoms with Gasteiger partial charge in [0, 0.05) is 18.8 Å². The van der Waals surface area contributed by atoms with E-state index in [1.54, 1.807) is 25.4 Å². The fraction of sp³-hybridized carbons (Fsp3) is 0.167. The maximum Gasteiger partial charge on any atom is 0.573 e. The van der Waals surface area contributed by atoms with Crippen LogP contribution in [0.2, 0.25) is 0 Å². The third-order valence-corrected chi connectivity index (χ3v) is 2.37. The van der Waals surface area contributed by atoms with Crippen LogP contribution >= 0.6 is 0 Å². The van der Waals surface area contributed by atoms with E-state index in [1.165, 1.54) is 23.0 Å². The predicted octanol–water partition coefficient (Wildman–Crippen LogP) is 2.86. The van der Waals surface area contributed by atoms with Gasteiger partial charge in [0.25, 0.3) is 0 Å². The molecule has 0 saturated heterocycles. The molecule has 19 heavy (non-hydrogen) atoms. The molecule has 0 aliphatic heterocycles. The number of hydrogen-bond acceptors (Lipinski definition) is 3. The van der Waals surface area contributed by atoms with Crippen LogP contribution in [0.1, 0.15) is 5.56 Å². The number of ether oxygens (including phenoxy) is 1. The summed E-state index contributed by atoms with van der Waals surface area (Å²) in [7, 11) is 1.69. The van der Waals surface area contributed by atoms with E-state index in [9.17, 15) is 13.2 Å². The van der Waals surface area contributed by atoms with Crippen molar-refractivity contribution in [3.8, 4) is 22.9 Å². The Balaban J connectivity index is 2.44. The minimum atomic E-state index is -4.83. The number of nitrogens with zero attached hydrogens (tertiary/aromatic N) is 3. The van der Waals surface area contributed by atoms with E-state index in [-0.39, 0.29) is 5.56 Å². The lowest BCUT2D eigenvalue weighted by molar-refractivity contribution is -0.274. The van der Waals surface area contributed by atoms with Crippen molar-refractivity contribution < 1.29 is 17.9 Å². The van der Waals surface area contributed by atoms with Crippen LogP contribution in [0.15, 0.2) is 30.6 Å². The number of aromatic nitrogens is 2. The van der Waals surface area contributed by atoms with Crippen LogP contribution < -0.4 is 4.74 Å². The Kier molecular flexibility index (Phi) is 3.17. The summed E-state index contributed by atoms with van der Waals surface area (Å²) in [5.41, 5.74) is 0.954. The molecule has 0 aliphatic rings. The molecule has 0 atom stereocenters. The van der Waals surface area contributed by atoms with E-state index in [2.05, 4.69) is 9.84 Å². The lowest BCUT2D eigenvalue weighted by Crippen LogP contribution is -2.17. The second-order valence-electron chi connectivity index (χ2n) is 3.77. The molecule has 1 aromatic carbocycles. The van der Waals surface area contributed by atoms with Crippen LogP contribution in [-0.4, -0.2) is 16.1 Å². The number of hydrogen-bond donors (Lipinski definition) is 0. The van der Waals surface area contributed by atoms with Crippen LogP contribution in [0.25, 0.3) is 11.1 Å². The van der Waals surface area contributed by atoms with Crippen molar-refractivity contribution in [2.75, 3.05) is 0 Å². The summed E-state index contributed by atoms with van der Waals surface area (Å²) < 4.78 is 42.1. The minimum absolute atomic E-state index is 0.176. The van der Waals surface area contributed by atoms with Gasteiger partial charge in [-0.05, 0) is 17.7 Å². The van der Waals surface area contributed by atoms with Gasteiger partial charge >= 0.3 is 6.36 Å². The molecule has 1 heterocycles. The molecular formula is C12H8F3N3O. The molecule has 4 nitrogen and oxygen atoms in total. The lowest BCUT2D eigenvalue weighted by atomic mass is 10.1. The zero-order valence-corrected chi connectivity index (χ0v) is 9.77. The Morgan fingerprint density at radius 3 is 2.58 bits per heavy atom. The van der Waals surface area contributed by atoms with Crippen molar-refractivity contribution in [1.82, 2.24) is 9.78 Å². The van der Waals surface area contributed by atoms with E-state index in [0.29, 0.717) is 11.1 Å². The molecule has 0 radical (unpaired) electrons. The van der Waals surface area contributed by atoms with Crippen molar-refractivity contribution in [1.29, 1.82) is 5.26 Å². The van der Waals surface area contributed by atoms with Gasteiger partial charge in [-0.3, -0.25) is 4.68 Å². The summed E-state index contributed by atoms with van der Waals surface area (Å²) in [6.45, 7) is 0. The van der Waals surface area contributed by atoms with Gasteiger partial charge in [0.15, 0.2) is 0 Å². The van der Waals surface area contributed by atoms with E-state index in [0.717, 1.165) is 0 Å². The third kappa shape index (κ3) is 3.04. The Labute approximate surface area is 106 Å². The normalized spacial score (nSPS) is 11.1. The summed E-state index contributed by atoms with van der Waals surface area (Å²) in [5, 5.41) is 12.7. The predicted molar refractivity (Wildman–Crippen MR) is 60.0 cm³/mol. The zero-order valence-electron chi connectivity index (χ0n) is 9.77. The maximum atomic E-state index is 12.2. The van der Waals surface area contributed by atoms with Crippen LogP contribution in [0, 0.1) is 11.3 Å². The van der Waals surface area contributed by atoms with Gasteiger partial charge < -0.3 is 4.74 Å². The number of aryl methyl sites for hydroxylation is 1. The summed E-state index contributed by atoms with van der Waals surface area (Å²) in [5.74, 6) is -0.517. The lowest BCUT2D eigenvalue weighted by Gasteiger charge is -2.11. The van der Waals surface area contributed by atoms with Crippen LogP contribution in [-0.2, 0) is 7.05 Å². The SMILES string of the molecule is Cn1cc(-c2ccc(C#N)c(OC(F)(F)F)c2)cn1. The number of nitriles is 1. The topological polar surface area (TPSA) is 50.8 Å². The van der Waals surface area contributed by atoms with Gasteiger partial charge in [-0.2, -0.15) is 10.4 Å². The number of alkyl halides is 3. The molecule has 0 bridgehead atoms. The number of rotatable bonds is 2. The second-order valence-corrected chi connectivity index (χ2v) is 3.77. The van der Waals surface area contributed by atoms with Gasteiger partial charge in [0.2, 0.25) is 0 Å². The van der Waals surface area contributed by atoms with Gasteiger partial charge in [0.05, 0.1) is 11.8 Å². The van der Waals surface area contributed by atoms with Gasteiger partial charge in [-0.25, -0.2) is 0 Å². The smallest absolute Gasteiger partial charge is 0.404 e. The Hall–Kier alpha value is -2.49. The fourth-order valence-corrected chi connectivity index (χ4v) is 1.57. The molecule has 7 heteroatoms. The molecular weight excluding hydrogens is 259 g/mol. The van der Waals surface area contributed by atoms with Crippen LogP contribution in [0.3, 0.4) is 0 Å². The molecule has 2 rings (SSSR count). The average molecular weight is 267 g/mol. The highest BCUT2D eigenvalue weighted by molar-refractivity contribution is 5.66. The van der Waals surface area contributed by atoms with Gasteiger partial charge in [-0.1, -0.05) is 6.07 Å². The third-order valence-electron chi connectivity index (χ3n) is 2.37. The highest BCUT2D eigenvalue weighted by atomic mass is 19.4. The van der Waals surface area contributed by atoms with Crippen molar-refractivity contribution in [3.63, 3.8) is 0 Å². The van der Waals surface area contributed by atoms with E-state index in [1.807, 2.05) is 0 Å². The molecule has 0 aliphatic carbocycles. The van der Waals surface area contributed by atoms with Crippen molar-refractivity contribution >= 4 is 0 Å². The molecule has 0 spiro atoms. The first-order valence-corrected chi connectivity index (χ1v) is 5.18. The van der Waals surface area contributed by atoms with Crippen molar-refractivity contribution in [2.45, 2.75) is 6.36 Å². The minimum Gasteiger partial charge on any atom is -0.404 e. The first-order chi connectivity index (χ1) is 8.89. The Morgan fingerprint density at radius 2 is 2.05 bits per heavy atom. The summed E-state index contributed by atoms with van der Waals surface area (Å²) in [6, 6.07) is 5.65. The fourth-order valence-electron chi connectivity index (χ4n) is 1.57. The average Bonchev–Trinajstić information content (AvgIpc) is 2.74. The molecule has 0 amide bonds. The van der Waals surface area contributed by atoms with Crippen molar-refractivity contribution in [2.24, 2.45) is 7.05 Å². The van der Waals surface area contributed by atoms with Gasteiger partial charge in [-0.15, -0.1) is 13.2 Å². The standard InChI is InChI=1S/C12H8F3N3O/c1-18-7-10(6-17-18)8-2-3-9(5-16)11(4-8)19-12(13,14)15/h2-4,6-7H,1H3. The molecule has 98 valence electrons. The molecule has 0 unspecified atom stereocenters. The van der Waals surface area contributed by atoms with Crippen molar-refractivity contribution in [3.05, 3.63) is 36.2 Å². The Morgan fingerprint density at radius 1 is 1.32 bits per heavy atom. The van der Waals surface area contributed by atoms with Gasteiger partial charge in [0.1, 0.15) is 11.8 Å². The quantitative estimate of drug-likeness (QED) is 0.840. The largest absolute Gasteiger partial charge is 0.573 e. The first kappa shape index (κ1) is 13.0.